The van der Waals surface area contributed by atoms with Gasteiger partial charge in [-0.1, -0.05) is 11.2 Å². The SMILES string of the molecule is Cc1ccc(NCCc2noc(C)n2)c(C#N)c1. The van der Waals surface area contributed by atoms with Crippen LogP contribution in [0.4, 0.5) is 5.69 Å². The van der Waals surface area contributed by atoms with Crippen LogP contribution in [0.15, 0.2) is 22.7 Å². The third-order valence-corrected chi connectivity index (χ3v) is 2.53. The van der Waals surface area contributed by atoms with Crippen molar-refractivity contribution in [3.8, 4) is 6.07 Å². The van der Waals surface area contributed by atoms with Gasteiger partial charge >= 0.3 is 0 Å². The third-order valence-electron chi connectivity index (χ3n) is 2.53. The molecular formula is C13H14N4O. The van der Waals surface area contributed by atoms with Crippen molar-refractivity contribution in [1.82, 2.24) is 10.1 Å². The lowest BCUT2D eigenvalue weighted by molar-refractivity contribution is 0.387. The van der Waals surface area contributed by atoms with E-state index in [-0.39, 0.29) is 0 Å². The Hall–Kier alpha value is -2.35. The molecule has 5 nitrogen and oxygen atoms in total. The van der Waals surface area contributed by atoms with E-state index < -0.39 is 0 Å². The Morgan fingerprint density at radius 2 is 2.22 bits per heavy atom. The van der Waals surface area contributed by atoms with E-state index in [0.717, 1.165) is 11.3 Å². The number of hydrogen-bond donors (Lipinski definition) is 1. The third kappa shape index (κ3) is 2.86. The Morgan fingerprint density at radius 1 is 1.39 bits per heavy atom. The summed E-state index contributed by atoms with van der Waals surface area (Å²) in [5, 5.41) is 16.1. The molecule has 18 heavy (non-hydrogen) atoms. The normalized spacial score (nSPS) is 10.1. The molecule has 1 N–H and O–H groups in total. The van der Waals surface area contributed by atoms with Crippen LogP contribution in [0.1, 0.15) is 22.8 Å². The molecular weight excluding hydrogens is 228 g/mol. The summed E-state index contributed by atoms with van der Waals surface area (Å²) < 4.78 is 4.89. The second kappa shape index (κ2) is 5.32. The minimum atomic E-state index is 0.568. The lowest BCUT2D eigenvalue weighted by Crippen LogP contribution is -2.07. The minimum Gasteiger partial charge on any atom is -0.384 e. The second-order valence-electron chi connectivity index (χ2n) is 4.07. The van der Waals surface area contributed by atoms with Crippen LogP contribution >= 0.6 is 0 Å². The molecule has 0 aliphatic heterocycles. The Bertz CT molecular complexity index is 583. The number of hydrogen-bond acceptors (Lipinski definition) is 5. The van der Waals surface area contributed by atoms with Crippen LogP contribution in [0, 0.1) is 25.2 Å². The monoisotopic (exact) mass is 242 g/mol. The average molecular weight is 242 g/mol. The fourth-order valence-electron chi connectivity index (χ4n) is 1.66. The van der Waals surface area contributed by atoms with Gasteiger partial charge in [-0.05, 0) is 24.6 Å². The summed E-state index contributed by atoms with van der Waals surface area (Å²) in [7, 11) is 0. The lowest BCUT2D eigenvalue weighted by Gasteiger charge is -2.07. The zero-order valence-electron chi connectivity index (χ0n) is 10.4. The van der Waals surface area contributed by atoms with Crippen LogP contribution in [0.5, 0.6) is 0 Å². The van der Waals surface area contributed by atoms with Crippen molar-refractivity contribution in [2.45, 2.75) is 20.3 Å². The molecule has 2 aromatic rings. The largest absolute Gasteiger partial charge is 0.384 e. The molecule has 1 aromatic carbocycles. The van der Waals surface area contributed by atoms with E-state index >= 15 is 0 Å². The number of benzene rings is 1. The summed E-state index contributed by atoms with van der Waals surface area (Å²) in [6, 6.07) is 7.92. The topological polar surface area (TPSA) is 74.7 Å². The highest BCUT2D eigenvalue weighted by Gasteiger charge is 2.04. The maximum atomic E-state index is 9.03. The van der Waals surface area contributed by atoms with Crippen LogP contribution in [-0.2, 0) is 6.42 Å². The summed E-state index contributed by atoms with van der Waals surface area (Å²) in [4.78, 5) is 4.12. The molecule has 0 saturated heterocycles. The number of anilines is 1. The molecule has 0 atom stereocenters. The maximum Gasteiger partial charge on any atom is 0.223 e. The molecule has 0 aliphatic rings. The van der Waals surface area contributed by atoms with E-state index in [0.29, 0.717) is 30.2 Å². The first kappa shape index (κ1) is 12.1. The van der Waals surface area contributed by atoms with E-state index in [9.17, 15) is 0 Å². The van der Waals surface area contributed by atoms with Gasteiger partial charge in [0.1, 0.15) is 6.07 Å². The van der Waals surface area contributed by atoms with Gasteiger partial charge in [-0.2, -0.15) is 10.2 Å². The number of rotatable bonds is 4. The number of aromatic nitrogens is 2. The molecule has 5 heteroatoms. The van der Waals surface area contributed by atoms with Crippen molar-refractivity contribution >= 4 is 5.69 Å². The standard InChI is InChI=1S/C13H14N4O/c1-9-3-4-12(11(7-9)8-14)15-6-5-13-16-10(2)18-17-13/h3-4,7,15H,5-6H2,1-2H3. The number of nitriles is 1. The summed E-state index contributed by atoms with van der Waals surface area (Å²) >= 11 is 0. The van der Waals surface area contributed by atoms with E-state index in [2.05, 4.69) is 21.5 Å². The highest BCUT2D eigenvalue weighted by atomic mass is 16.5. The van der Waals surface area contributed by atoms with Crippen LogP contribution < -0.4 is 5.32 Å². The quantitative estimate of drug-likeness (QED) is 0.889. The van der Waals surface area contributed by atoms with Gasteiger partial charge in [0.2, 0.25) is 5.89 Å². The summed E-state index contributed by atoms with van der Waals surface area (Å²) in [5.74, 6) is 1.24. The molecule has 1 aromatic heterocycles. The van der Waals surface area contributed by atoms with Crippen LogP contribution in [0.2, 0.25) is 0 Å². The lowest BCUT2D eigenvalue weighted by atomic mass is 10.1. The Labute approximate surface area is 105 Å². The van der Waals surface area contributed by atoms with E-state index in [1.807, 2.05) is 25.1 Å². The maximum absolute atomic E-state index is 9.03. The minimum absolute atomic E-state index is 0.568. The van der Waals surface area contributed by atoms with Crippen LogP contribution in [-0.4, -0.2) is 16.7 Å². The molecule has 0 fully saturated rings. The molecule has 0 saturated carbocycles. The van der Waals surface area contributed by atoms with Crippen molar-refractivity contribution < 1.29 is 4.52 Å². The van der Waals surface area contributed by atoms with Gasteiger partial charge in [-0.25, -0.2) is 0 Å². The average Bonchev–Trinajstić information content (AvgIpc) is 2.77. The first-order valence-corrected chi connectivity index (χ1v) is 5.73. The van der Waals surface area contributed by atoms with Gasteiger partial charge < -0.3 is 9.84 Å². The molecule has 2 rings (SSSR count). The molecule has 1 heterocycles. The molecule has 0 unspecified atom stereocenters. The van der Waals surface area contributed by atoms with Crippen molar-refractivity contribution in [3.63, 3.8) is 0 Å². The zero-order chi connectivity index (χ0) is 13.0. The fourth-order valence-corrected chi connectivity index (χ4v) is 1.66. The van der Waals surface area contributed by atoms with Crippen molar-refractivity contribution in [2.24, 2.45) is 0 Å². The number of nitrogens with one attached hydrogen (secondary N) is 1. The Morgan fingerprint density at radius 3 is 2.89 bits per heavy atom. The smallest absolute Gasteiger partial charge is 0.223 e. The molecule has 0 bridgehead atoms. The Balaban J connectivity index is 1.96. The van der Waals surface area contributed by atoms with Crippen molar-refractivity contribution in [2.75, 3.05) is 11.9 Å². The van der Waals surface area contributed by atoms with Crippen LogP contribution in [0.25, 0.3) is 0 Å². The summed E-state index contributed by atoms with van der Waals surface area (Å²) in [6.07, 6.45) is 0.663. The Kier molecular flexibility index (Phi) is 3.58. The van der Waals surface area contributed by atoms with Crippen LogP contribution in [0.3, 0.4) is 0 Å². The van der Waals surface area contributed by atoms with Crippen molar-refractivity contribution in [3.05, 3.63) is 41.0 Å². The molecule has 0 aliphatic carbocycles. The highest BCUT2D eigenvalue weighted by Crippen LogP contribution is 2.16. The van der Waals surface area contributed by atoms with E-state index in [4.69, 9.17) is 9.78 Å². The first-order valence-electron chi connectivity index (χ1n) is 5.73. The molecule has 92 valence electrons. The number of nitrogens with zero attached hydrogens (tertiary/aromatic N) is 3. The van der Waals surface area contributed by atoms with E-state index in [1.54, 1.807) is 6.92 Å². The molecule has 0 radical (unpaired) electrons. The zero-order valence-corrected chi connectivity index (χ0v) is 10.4. The van der Waals surface area contributed by atoms with Crippen molar-refractivity contribution in [1.29, 1.82) is 5.26 Å². The summed E-state index contributed by atoms with van der Waals surface area (Å²) in [5.41, 5.74) is 2.56. The number of aryl methyl sites for hydroxylation is 2. The second-order valence-corrected chi connectivity index (χ2v) is 4.07. The fraction of sp³-hybridized carbons (Fsp3) is 0.308. The first-order chi connectivity index (χ1) is 8.69. The van der Waals surface area contributed by atoms with Gasteiger partial charge in [0, 0.05) is 19.9 Å². The van der Waals surface area contributed by atoms with Gasteiger partial charge in [0.05, 0.1) is 11.3 Å². The van der Waals surface area contributed by atoms with Gasteiger partial charge in [-0.3, -0.25) is 0 Å². The molecule has 0 amide bonds. The molecule has 0 spiro atoms. The highest BCUT2D eigenvalue weighted by molar-refractivity contribution is 5.58. The van der Waals surface area contributed by atoms with Gasteiger partial charge in [-0.15, -0.1) is 0 Å². The predicted molar refractivity (Wildman–Crippen MR) is 67.1 cm³/mol. The predicted octanol–water partition coefficient (Wildman–Crippen LogP) is 2.21. The van der Waals surface area contributed by atoms with Gasteiger partial charge in [0.15, 0.2) is 5.82 Å². The van der Waals surface area contributed by atoms with E-state index in [1.165, 1.54) is 0 Å². The summed E-state index contributed by atoms with van der Waals surface area (Å²) in [6.45, 7) is 4.39. The van der Waals surface area contributed by atoms with Gasteiger partial charge in [0.25, 0.3) is 0 Å².